The van der Waals surface area contributed by atoms with Crippen LogP contribution in [0.3, 0.4) is 0 Å². The summed E-state index contributed by atoms with van der Waals surface area (Å²) in [4.78, 5) is 0.0249. The predicted molar refractivity (Wildman–Crippen MR) is 66.4 cm³/mol. The highest BCUT2D eigenvalue weighted by Gasteiger charge is 2.15. The molecule has 0 atom stereocenters. The Bertz CT molecular complexity index is 472. The van der Waals surface area contributed by atoms with Gasteiger partial charge in [-0.15, -0.1) is 0 Å². The molecular formula is C11H18N2O3S. The SMILES string of the molecule is CCCOc1ccc(CCN)cc1S(N)(=O)=O. The van der Waals surface area contributed by atoms with Crippen LogP contribution in [0.15, 0.2) is 23.1 Å². The Morgan fingerprint density at radius 1 is 1.35 bits per heavy atom. The van der Waals surface area contributed by atoms with Gasteiger partial charge in [-0.1, -0.05) is 13.0 Å². The highest BCUT2D eigenvalue weighted by atomic mass is 32.2. The maximum absolute atomic E-state index is 11.4. The van der Waals surface area contributed by atoms with Crippen molar-refractivity contribution in [3.63, 3.8) is 0 Å². The first-order valence-electron chi connectivity index (χ1n) is 5.47. The number of nitrogens with two attached hydrogens (primary N) is 2. The summed E-state index contributed by atoms with van der Waals surface area (Å²) in [5.74, 6) is 0.301. The zero-order chi connectivity index (χ0) is 12.9. The molecule has 0 aliphatic rings. The first kappa shape index (κ1) is 14.0. The van der Waals surface area contributed by atoms with E-state index in [9.17, 15) is 8.42 Å². The Morgan fingerprint density at radius 2 is 2.06 bits per heavy atom. The van der Waals surface area contributed by atoms with E-state index in [4.69, 9.17) is 15.6 Å². The molecule has 0 unspecified atom stereocenters. The second kappa shape index (κ2) is 6.00. The second-order valence-corrected chi connectivity index (χ2v) is 5.24. The highest BCUT2D eigenvalue weighted by molar-refractivity contribution is 7.89. The van der Waals surface area contributed by atoms with Gasteiger partial charge in [0, 0.05) is 0 Å². The van der Waals surface area contributed by atoms with Crippen LogP contribution in [0.1, 0.15) is 18.9 Å². The third kappa shape index (κ3) is 3.99. The Morgan fingerprint density at radius 3 is 2.59 bits per heavy atom. The van der Waals surface area contributed by atoms with Crippen LogP contribution in [0.25, 0.3) is 0 Å². The molecule has 0 fully saturated rings. The van der Waals surface area contributed by atoms with Crippen LogP contribution in [0.5, 0.6) is 5.75 Å². The van der Waals surface area contributed by atoms with Crippen molar-refractivity contribution in [3.05, 3.63) is 23.8 Å². The number of sulfonamides is 1. The maximum atomic E-state index is 11.4. The normalized spacial score (nSPS) is 11.5. The number of hydrogen-bond acceptors (Lipinski definition) is 4. The fourth-order valence-electron chi connectivity index (χ4n) is 1.43. The minimum Gasteiger partial charge on any atom is -0.492 e. The molecule has 0 heterocycles. The molecule has 0 spiro atoms. The number of rotatable bonds is 6. The van der Waals surface area contributed by atoms with Crippen molar-refractivity contribution in [2.24, 2.45) is 10.9 Å². The lowest BCUT2D eigenvalue weighted by molar-refractivity contribution is 0.309. The molecule has 0 aliphatic carbocycles. The number of hydrogen-bond donors (Lipinski definition) is 2. The standard InChI is InChI=1S/C11H18N2O3S/c1-2-7-16-10-4-3-9(5-6-12)8-11(10)17(13,14)15/h3-4,8H,2,5-7,12H2,1H3,(H2,13,14,15). The summed E-state index contributed by atoms with van der Waals surface area (Å²) in [6.45, 7) is 2.86. The van der Waals surface area contributed by atoms with E-state index >= 15 is 0 Å². The molecule has 0 amide bonds. The van der Waals surface area contributed by atoms with E-state index in [1.165, 1.54) is 6.07 Å². The third-order valence-corrected chi connectivity index (χ3v) is 3.14. The van der Waals surface area contributed by atoms with Crippen LogP contribution in [0.4, 0.5) is 0 Å². The van der Waals surface area contributed by atoms with Crippen LogP contribution < -0.4 is 15.6 Å². The molecule has 17 heavy (non-hydrogen) atoms. The van der Waals surface area contributed by atoms with E-state index in [1.807, 2.05) is 6.92 Å². The minimum atomic E-state index is -3.77. The second-order valence-electron chi connectivity index (χ2n) is 3.71. The first-order valence-corrected chi connectivity index (χ1v) is 7.02. The fraction of sp³-hybridized carbons (Fsp3) is 0.455. The van der Waals surface area contributed by atoms with Gasteiger partial charge in [0.1, 0.15) is 10.6 Å². The zero-order valence-corrected chi connectivity index (χ0v) is 10.7. The van der Waals surface area contributed by atoms with Crippen LogP contribution in [-0.4, -0.2) is 21.6 Å². The Balaban J connectivity index is 3.13. The summed E-state index contributed by atoms with van der Waals surface area (Å²) < 4.78 is 28.2. The average molecular weight is 258 g/mol. The summed E-state index contributed by atoms with van der Waals surface area (Å²) in [6.07, 6.45) is 1.41. The van der Waals surface area contributed by atoms with Gasteiger partial charge in [0.25, 0.3) is 0 Å². The lowest BCUT2D eigenvalue weighted by Crippen LogP contribution is -2.15. The van der Waals surface area contributed by atoms with Gasteiger partial charge in [-0.2, -0.15) is 0 Å². The molecule has 0 saturated heterocycles. The van der Waals surface area contributed by atoms with Gasteiger partial charge < -0.3 is 10.5 Å². The molecule has 0 bridgehead atoms. The van der Waals surface area contributed by atoms with Crippen molar-refractivity contribution in [1.82, 2.24) is 0 Å². The lowest BCUT2D eigenvalue weighted by Gasteiger charge is -2.11. The van der Waals surface area contributed by atoms with Crippen molar-refractivity contribution in [2.75, 3.05) is 13.2 Å². The van der Waals surface area contributed by atoms with E-state index < -0.39 is 10.0 Å². The topological polar surface area (TPSA) is 95.4 Å². The van der Waals surface area contributed by atoms with Gasteiger partial charge in [0.2, 0.25) is 10.0 Å². The van der Waals surface area contributed by atoms with Crippen molar-refractivity contribution in [1.29, 1.82) is 0 Å². The van der Waals surface area contributed by atoms with E-state index in [1.54, 1.807) is 12.1 Å². The molecule has 0 aromatic heterocycles. The van der Waals surface area contributed by atoms with Gasteiger partial charge in [-0.05, 0) is 37.1 Å². The van der Waals surface area contributed by atoms with Gasteiger partial charge in [0.05, 0.1) is 6.61 Å². The monoisotopic (exact) mass is 258 g/mol. The molecule has 96 valence electrons. The highest BCUT2D eigenvalue weighted by Crippen LogP contribution is 2.24. The first-order chi connectivity index (χ1) is 7.99. The average Bonchev–Trinajstić information content (AvgIpc) is 2.26. The molecule has 0 radical (unpaired) electrons. The Hall–Kier alpha value is -1.11. The zero-order valence-electron chi connectivity index (χ0n) is 9.85. The summed E-state index contributed by atoms with van der Waals surface area (Å²) in [5, 5.41) is 5.16. The summed E-state index contributed by atoms with van der Waals surface area (Å²) >= 11 is 0. The quantitative estimate of drug-likeness (QED) is 0.782. The molecule has 0 aliphatic heterocycles. The third-order valence-electron chi connectivity index (χ3n) is 2.21. The summed E-state index contributed by atoms with van der Waals surface area (Å²) in [5.41, 5.74) is 6.26. The Labute approximate surface area is 102 Å². The van der Waals surface area contributed by atoms with Gasteiger partial charge in [-0.3, -0.25) is 0 Å². The van der Waals surface area contributed by atoms with Gasteiger partial charge in [0.15, 0.2) is 0 Å². The van der Waals surface area contributed by atoms with Gasteiger partial charge >= 0.3 is 0 Å². The largest absolute Gasteiger partial charge is 0.492 e. The predicted octanol–water partition coefficient (Wildman–Crippen LogP) is 0.624. The molecule has 1 rings (SSSR count). The molecule has 1 aromatic carbocycles. The molecular weight excluding hydrogens is 240 g/mol. The van der Waals surface area contributed by atoms with Crippen molar-refractivity contribution < 1.29 is 13.2 Å². The maximum Gasteiger partial charge on any atom is 0.241 e. The van der Waals surface area contributed by atoms with E-state index in [2.05, 4.69) is 0 Å². The van der Waals surface area contributed by atoms with Crippen LogP contribution in [-0.2, 0) is 16.4 Å². The number of benzene rings is 1. The fourth-order valence-corrected chi connectivity index (χ4v) is 2.15. The summed E-state index contributed by atoms with van der Waals surface area (Å²) in [6, 6.07) is 4.94. The van der Waals surface area contributed by atoms with E-state index in [0.29, 0.717) is 25.3 Å². The smallest absolute Gasteiger partial charge is 0.241 e. The molecule has 4 N–H and O–H groups in total. The molecule has 0 saturated carbocycles. The van der Waals surface area contributed by atoms with Crippen LogP contribution in [0, 0.1) is 0 Å². The van der Waals surface area contributed by atoms with Gasteiger partial charge in [-0.25, -0.2) is 13.6 Å². The molecule has 1 aromatic rings. The summed E-state index contributed by atoms with van der Waals surface area (Å²) in [7, 11) is -3.77. The van der Waals surface area contributed by atoms with Crippen molar-refractivity contribution in [2.45, 2.75) is 24.7 Å². The van der Waals surface area contributed by atoms with Crippen LogP contribution >= 0.6 is 0 Å². The van der Waals surface area contributed by atoms with Crippen molar-refractivity contribution in [3.8, 4) is 5.75 Å². The van der Waals surface area contributed by atoms with Crippen LogP contribution in [0.2, 0.25) is 0 Å². The van der Waals surface area contributed by atoms with Crippen molar-refractivity contribution >= 4 is 10.0 Å². The number of primary sulfonamides is 1. The molecule has 5 nitrogen and oxygen atoms in total. The molecule has 6 heteroatoms. The Kier molecular flexibility index (Phi) is 4.92. The van der Waals surface area contributed by atoms with E-state index in [-0.39, 0.29) is 4.90 Å². The lowest BCUT2D eigenvalue weighted by atomic mass is 10.1. The minimum absolute atomic E-state index is 0.0249. The number of ether oxygens (including phenoxy) is 1. The van der Waals surface area contributed by atoms with E-state index in [0.717, 1.165) is 12.0 Å².